The molecule has 0 aromatic heterocycles. The fourth-order valence-corrected chi connectivity index (χ4v) is 2.24. The topological polar surface area (TPSA) is 32.3 Å². The fraction of sp³-hybridized carbons (Fsp3) is 0.500. The molecule has 1 aliphatic carbocycles. The second-order valence-electron chi connectivity index (χ2n) is 4.29. The van der Waals surface area contributed by atoms with E-state index < -0.39 is 0 Å². The second-order valence-corrected chi connectivity index (χ2v) is 5.16. The molecule has 2 N–H and O–H groups in total. The molecule has 1 aromatic carbocycles. The van der Waals surface area contributed by atoms with Gasteiger partial charge < -0.3 is 10.4 Å². The highest BCUT2D eigenvalue weighted by Gasteiger charge is 2.22. The summed E-state index contributed by atoms with van der Waals surface area (Å²) in [6.07, 6.45) is 2.59. The highest BCUT2D eigenvalue weighted by atomic mass is 35.5. The van der Waals surface area contributed by atoms with Crippen molar-refractivity contribution in [3.8, 4) is 0 Å². The molecule has 1 aromatic rings. The molecule has 0 heterocycles. The summed E-state index contributed by atoms with van der Waals surface area (Å²) in [6, 6.07) is 5.31. The Morgan fingerprint density at radius 2 is 1.88 bits per heavy atom. The van der Waals surface area contributed by atoms with Gasteiger partial charge >= 0.3 is 0 Å². The first-order valence-electron chi connectivity index (χ1n) is 5.49. The maximum absolute atomic E-state index is 9.35. The van der Waals surface area contributed by atoms with E-state index in [-0.39, 0.29) is 12.6 Å². The molecule has 4 heteroatoms. The van der Waals surface area contributed by atoms with Crippen LogP contribution < -0.4 is 5.32 Å². The predicted molar refractivity (Wildman–Crippen MR) is 67.0 cm³/mol. The number of halogens is 2. The number of aliphatic hydroxyl groups excluding tert-OH is 1. The molecule has 0 amide bonds. The van der Waals surface area contributed by atoms with Crippen LogP contribution in [-0.2, 0) is 0 Å². The molecule has 2 rings (SSSR count). The van der Waals surface area contributed by atoms with E-state index >= 15 is 0 Å². The summed E-state index contributed by atoms with van der Waals surface area (Å²) in [7, 11) is 0. The minimum Gasteiger partial charge on any atom is -0.394 e. The van der Waals surface area contributed by atoms with Crippen molar-refractivity contribution in [1.29, 1.82) is 0 Å². The molecule has 0 aliphatic heterocycles. The number of rotatable bonds is 5. The average Bonchev–Trinajstić information content (AvgIpc) is 3.01. The first-order chi connectivity index (χ1) is 7.69. The summed E-state index contributed by atoms with van der Waals surface area (Å²) in [6.45, 7) is 1.01. The van der Waals surface area contributed by atoms with E-state index in [1.807, 2.05) is 12.1 Å². The van der Waals surface area contributed by atoms with Gasteiger partial charge in [0.2, 0.25) is 0 Å². The average molecular weight is 260 g/mol. The number of aliphatic hydroxyl groups is 1. The Hall–Kier alpha value is -0.280. The molecule has 1 aliphatic rings. The Morgan fingerprint density at radius 1 is 1.25 bits per heavy atom. The monoisotopic (exact) mass is 259 g/mol. The molecule has 1 saturated carbocycles. The normalized spacial score (nSPS) is 17.4. The molecule has 0 spiro atoms. The molecule has 1 atom stereocenters. The largest absolute Gasteiger partial charge is 0.394 e. The molecule has 2 nitrogen and oxygen atoms in total. The van der Waals surface area contributed by atoms with Crippen molar-refractivity contribution in [2.45, 2.75) is 18.9 Å². The number of nitrogens with one attached hydrogen (secondary N) is 1. The zero-order valence-corrected chi connectivity index (χ0v) is 10.4. The Bertz CT molecular complexity index is 346. The molecular formula is C12H15Cl2NO. The minimum atomic E-state index is -0.0724. The van der Waals surface area contributed by atoms with Crippen LogP contribution in [0.2, 0.25) is 10.0 Å². The summed E-state index contributed by atoms with van der Waals surface area (Å²) in [5, 5.41) is 13.9. The lowest BCUT2D eigenvalue weighted by Crippen LogP contribution is -2.26. The van der Waals surface area contributed by atoms with Crippen LogP contribution in [0.1, 0.15) is 24.4 Å². The summed E-state index contributed by atoms with van der Waals surface area (Å²) in [4.78, 5) is 0. The van der Waals surface area contributed by atoms with Gasteiger partial charge in [0.25, 0.3) is 0 Å². The quantitative estimate of drug-likeness (QED) is 0.852. The molecular weight excluding hydrogens is 245 g/mol. The zero-order valence-electron chi connectivity index (χ0n) is 8.92. The van der Waals surface area contributed by atoms with Crippen LogP contribution in [0.4, 0.5) is 0 Å². The van der Waals surface area contributed by atoms with E-state index in [0.717, 1.165) is 18.0 Å². The third-order valence-electron chi connectivity index (χ3n) is 2.82. The summed E-state index contributed by atoms with van der Waals surface area (Å²) in [5.41, 5.74) is 0.945. The first-order valence-corrected chi connectivity index (χ1v) is 6.25. The van der Waals surface area contributed by atoms with Gasteiger partial charge in [-0.05, 0) is 49.1 Å². The summed E-state index contributed by atoms with van der Waals surface area (Å²) in [5.74, 6) is 0.781. The SMILES string of the molecule is OCC(NCC1CC1)c1cc(Cl)cc(Cl)c1. The molecule has 1 fully saturated rings. The number of hydrogen-bond acceptors (Lipinski definition) is 2. The van der Waals surface area contributed by atoms with Gasteiger partial charge in [-0.25, -0.2) is 0 Å². The van der Waals surface area contributed by atoms with Crippen molar-refractivity contribution in [2.24, 2.45) is 5.92 Å². The standard InChI is InChI=1S/C12H15Cl2NO/c13-10-3-9(4-11(14)5-10)12(7-16)15-6-8-1-2-8/h3-5,8,12,15-16H,1-2,6-7H2. The minimum absolute atomic E-state index is 0.0589. The Labute approximate surface area is 106 Å². The molecule has 0 saturated heterocycles. The highest BCUT2D eigenvalue weighted by Crippen LogP contribution is 2.29. The molecule has 1 unspecified atom stereocenters. The van der Waals surface area contributed by atoms with Crippen LogP contribution in [0.25, 0.3) is 0 Å². The van der Waals surface area contributed by atoms with E-state index in [9.17, 15) is 5.11 Å². The van der Waals surface area contributed by atoms with Crippen molar-refractivity contribution < 1.29 is 5.11 Å². The second kappa shape index (κ2) is 5.37. The van der Waals surface area contributed by atoms with E-state index in [1.165, 1.54) is 12.8 Å². The van der Waals surface area contributed by atoms with Gasteiger partial charge in [0.15, 0.2) is 0 Å². The Kier molecular flexibility index (Phi) is 4.09. The lowest BCUT2D eigenvalue weighted by Gasteiger charge is -2.17. The van der Waals surface area contributed by atoms with Gasteiger partial charge in [0, 0.05) is 10.0 Å². The van der Waals surface area contributed by atoms with Gasteiger partial charge in [-0.15, -0.1) is 0 Å². The number of hydrogen-bond donors (Lipinski definition) is 2. The van der Waals surface area contributed by atoms with E-state index in [1.54, 1.807) is 6.07 Å². The molecule has 88 valence electrons. The maximum Gasteiger partial charge on any atom is 0.0626 e. The lowest BCUT2D eigenvalue weighted by molar-refractivity contribution is 0.243. The fourth-order valence-electron chi connectivity index (χ4n) is 1.70. The molecule has 0 bridgehead atoms. The third-order valence-corrected chi connectivity index (χ3v) is 3.26. The molecule has 0 radical (unpaired) electrons. The van der Waals surface area contributed by atoms with Gasteiger partial charge in [0.05, 0.1) is 12.6 Å². The van der Waals surface area contributed by atoms with Gasteiger partial charge in [-0.2, -0.15) is 0 Å². The van der Waals surface area contributed by atoms with Crippen LogP contribution in [0.5, 0.6) is 0 Å². The molecule has 16 heavy (non-hydrogen) atoms. The van der Waals surface area contributed by atoms with Crippen molar-refractivity contribution in [2.75, 3.05) is 13.2 Å². The van der Waals surface area contributed by atoms with Crippen molar-refractivity contribution in [1.82, 2.24) is 5.32 Å². The van der Waals surface area contributed by atoms with Crippen LogP contribution in [0.15, 0.2) is 18.2 Å². The van der Waals surface area contributed by atoms with Crippen LogP contribution in [0, 0.1) is 5.92 Å². The van der Waals surface area contributed by atoms with Crippen LogP contribution in [-0.4, -0.2) is 18.3 Å². The third kappa shape index (κ3) is 3.36. The van der Waals surface area contributed by atoms with Gasteiger partial charge in [-0.1, -0.05) is 23.2 Å². The predicted octanol–water partition coefficient (Wildman–Crippen LogP) is 3.03. The number of benzene rings is 1. The smallest absolute Gasteiger partial charge is 0.0626 e. The van der Waals surface area contributed by atoms with Crippen LogP contribution in [0.3, 0.4) is 0 Å². The summed E-state index contributed by atoms with van der Waals surface area (Å²) >= 11 is 11.9. The first kappa shape index (κ1) is 12.2. The van der Waals surface area contributed by atoms with E-state index in [2.05, 4.69) is 5.32 Å². The zero-order chi connectivity index (χ0) is 11.5. The van der Waals surface area contributed by atoms with Crippen molar-refractivity contribution >= 4 is 23.2 Å². The van der Waals surface area contributed by atoms with E-state index in [4.69, 9.17) is 23.2 Å². The Morgan fingerprint density at radius 3 is 2.38 bits per heavy atom. The highest BCUT2D eigenvalue weighted by molar-refractivity contribution is 6.34. The van der Waals surface area contributed by atoms with Crippen LogP contribution >= 0.6 is 23.2 Å². The Balaban J connectivity index is 2.04. The maximum atomic E-state index is 9.35. The van der Waals surface area contributed by atoms with Crippen molar-refractivity contribution in [3.63, 3.8) is 0 Å². The lowest BCUT2D eigenvalue weighted by atomic mass is 10.1. The van der Waals surface area contributed by atoms with Crippen molar-refractivity contribution in [3.05, 3.63) is 33.8 Å². The van der Waals surface area contributed by atoms with E-state index in [0.29, 0.717) is 10.0 Å². The van der Waals surface area contributed by atoms with Gasteiger partial charge in [0.1, 0.15) is 0 Å². The van der Waals surface area contributed by atoms with Gasteiger partial charge in [-0.3, -0.25) is 0 Å². The summed E-state index contributed by atoms with van der Waals surface area (Å²) < 4.78 is 0.